The lowest BCUT2D eigenvalue weighted by Gasteiger charge is -2.04. The van der Waals surface area contributed by atoms with Crippen LogP contribution in [0.25, 0.3) is 10.8 Å². The maximum absolute atomic E-state index is 5.71. The molecule has 2 nitrogen and oxygen atoms in total. The van der Waals surface area contributed by atoms with Crippen molar-refractivity contribution in [3.63, 3.8) is 0 Å². The first-order valence-electron chi connectivity index (χ1n) is 3.99. The third kappa shape index (κ3) is 1.40. The van der Waals surface area contributed by atoms with Crippen LogP contribution in [0.1, 0.15) is 5.56 Å². The topological polar surface area (TPSA) is 38.9 Å². The molecule has 0 saturated carbocycles. The Hall–Kier alpha value is -1.09. The zero-order chi connectivity index (χ0) is 9.42. The molecule has 0 aliphatic carbocycles. The first-order chi connectivity index (χ1) is 6.18. The molecule has 0 radical (unpaired) electrons. The van der Waals surface area contributed by atoms with Gasteiger partial charge in [-0.2, -0.15) is 0 Å². The maximum Gasteiger partial charge on any atom is 0.126 e. The molecular weight excluding hydrogens is 228 g/mol. The Balaban J connectivity index is 2.89. The monoisotopic (exact) mass is 236 g/mol. The minimum atomic E-state index is 0.602. The van der Waals surface area contributed by atoms with Crippen LogP contribution in [0.5, 0.6) is 0 Å². The summed E-state index contributed by atoms with van der Waals surface area (Å²) >= 11 is 3.43. The predicted octanol–water partition coefficient (Wildman–Crippen LogP) is 2.89. The van der Waals surface area contributed by atoms with E-state index in [0.29, 0.717) is 5.82 Å². The van der Waals surface area contributed by atoms with Crippen LogP contribution in [0.3, 0.4) is 0 Å². The van der Waals surface area contributed by atoms with Crippen LogP contribution in [-0.4, -0.2) is 4.98 Å². The summed E-state index contributed by atoms with van der Waals surface area (Å²) in [7, 11) is 0. The molecule has 0 atom stereocenters. The van der Waals surface area contributed by atoms with E-state index < -0.39 is 0 Å². The predicted molar refractivity (Wildman–Crippen MR) is 58.6 cm³/mol. The summed E-state index contributed by atoms with van der Waals surface area (Å²) in [5.41, 5.74) is 6.75. The number of aryl methyl sites for hydroxylation is 1. The van der Waals surface area contributed by atoms with Gasteiger partial charge in [-0.25, -0.2) is 4.98 Å². The zero-order valence-electron chi connectivity index (χ0n) is 7.21. The van der Waals surface area contributed by atoms with Crippen molar-refractivity contribution in [2.45, 2.75) is 6.92 Å². The summed E-state index contributed by atoms with van der Waals surface area (Å²) in [6.45, 7) is 1.98. The number of hydrogen-bond acceptors (Lipinski definition) is 2. The lowest BCUT2D eigenvalue weighted by molar-refractivity contribution is 1.32. The number of anilines is 1. The van der Waals surface area contributed by atoms with Crippen molar-refractivity contribution in [1.29, 1.82) is 0 Å². The first kappa shape index (κ1) is 8.51. The molecule has 0 fully saturated rings. The quantitative estimate of drug-likeness (QED) is 0.765. The Kier molecular flexibility index (Phi) is 1.96. The van der Waals surface area contributed by atoms with E-state index in [0.717, 1.165) is 20.8 Å². The Labute approximate surface area is 84.9 Å². The molecule has 0 bridgehead atoms. The molecule has 0 spiro atoms. The number of benzene rings is 1. The third-order valence-electron chi connectivity index (χ3n) is 2.15. The number of aromatic nitrogens is 1. The number of nitrogens with two attached hydrogens (primary N) is 1. The van der Waals surface area contributed by atoms with Crippen LogP contribution < -0.4 is 5.73 Å². The summed E-state index contributed by atoms with van der Waals surface area (Å²) in [6.07, 6.45) is 1.80. The summed E-state index contributed by atoms with van der Waals surface area (Å²) in [5, 5.41) is 2.27. The molecule has 1 aromatic carbocycles. The van der Waals surface area contributed by atoms with Crippen LogP contribution in [-0.2, 0) is 0 Å². The first-order valence-corrected chi connectivity index (χ1v) is 4.78. The second-order valence-corrected chi connectivity index (χ2v) is 3.92. The van der Waals surface area contributed by atoms with Gasteiger partial charge in [0.05, 0.1) is 0 Å². The van der Waals surface area contributed by atoms with Gasteiger partial charge in [0.1, 0.15) is 5.82 Å². The van der Waals surface area contributed by atoms with Crippen molar-refractivity contribution in [2.75, 3.05) is 5.73 Å². The molecule has 1 heterocycles. The van der Waals surface area contributed by atoms with Gasteiger partial charge in [0.25, 0.3) is 0 Å². The lowest BCUT2D eigenvalue weighted by Crippen LogP contribution is -1.94. The highest BCUT2D eigenvalue weighted by Gasteiger charge is 2.01. The van der Waals surface area contributed by atoms with Crippen LogP contribution in [0.15, 0.2) is 28.9 Å². The van der Waals surface area contributed by atoms with Crippen molar-refractivity contribution in [1.82, 2.24) is 4.98 Å². The Morgan fingerprint density at radius 2 is 2.15 bits per heavy atom. The molecule has 66 valence electrons. The van der Waals surface area contributed by atoms with Crippen LogP contribution in [0.2, 0.25) is 0 Å². The van der Waals surface area contributed by atoms with Gasteiger partial charge in [0.2, 0.25) is 0 Å². The van der Waals surface area contributed by atoms with E-state index in [9.17, 15) is 0 Å². The average molecular weight is 237 g/mol. The highest BCUT2D eigenvalue weighted by Crippen LogP contribution is 2.24. The largest absolute Gasteiger partial charge is 0.383 e. The van der Waals surface area contributed by atoms with E-state index in [1.807, 2.05) is 19.1 Å². The van der Waals surface area contributed by atoms with E-state index in [1.54, 1.807) is 6.20 Å². The molecule has 2 aromatic rings. The Morgan fingerprint density at radius 1 is 1.38 bits per heavy atom. The second-order valence-electron chi connectivity index (χ2n) is 3.00. The van der Waals surface area contributed by atoms with E-state index in [1.165, 1.54) is 0 Å². The zero-order valence-corrected chi connectivity index (χ0v) is 8.80. The molecule has 0 unspecified atom stereocenters. The molecule has 2 rings (SSSR count). The van der Waals surface area contributed by atoms with Gasteiger partial charge < -0.3 is 5.73 Å². The van der Waals surface area contributed by atoms with Crippen molar-refractivity contribution in [2.24, 2.45) is 0 Å². The highest BCUT2D eigenvalue weighted by molar-refractivity contribution is 9.10. The molecule has 1 aromatic heterocycles. The number of pyridine rings is 1. The standard InChI is InChI=1S/C10H9BrN2/c1-6-9-4-8(11)3-2-7(9)5-13-10(6)12/h2-5H,1H3,(H2,12,13). The van der Waals surface area contributed by atoms with E-state index in [4.69, 9.17) is 5.73 Å². The molecule has 13 heavy (non-hydrogen) atoms. The smallest absolute Gasteiger partial charge is 0.126 e. The van der Waals surface area contributed by atoms with Gasteiger partial charge in [-0.3, -0.25) is 0 Å². The van der Waals surface area contributed by atoms with Crippen molar-refractivity contribution in [3.8, 4) is 0 Å². The summed E-state index contributed by atoms with van der Waals surface area (Å²) in [4.78, 5) is 4.10. The van der Waals surface area contributed by atoms with Crippen molar-refractivity contribution in [3.05, 3.63) is 34.4 Å². The second kappa shape index (κ2) is 3.00. The van der Waals surface area contributed by atoms with Gasteiger partial charge in [-0.15, -0.1) is 0 Å². The molecule has 0 saturated heterocycles. The fourth-order valence-corrected chi connectivity index (χ4v) is 1.70. The Morgan fingerprint density at radius 3 is 2.92 bits per heavy atom. The molecule has 2 N–H and O–H groups in total. The van der Waals surface area contributed by atoms with Gasteiger partial charge in [-0.05, 0) is 30.0 Å². The molecule has 0 aliphatic heterocycles. The number of hydrogen-bond donors (Lipinski definition) is 1. The highest BCUT2D eigenvalue weighted by atomic mass is 79.9. The minimum Gasteiger partial charge on any atom is -0.383 e. The fourth-order valence-electron chi connectivity index (χ4n) is 1.34. The summed E-state index contributed by atoms with van der Waals surface area (Å²) in [6, 6.07) is 6.08. The summed E-state index contributed by atoms with van der Waals surface area (Å²) in [5.74, 6) is 0.602. The van der Waals surface area contributed by atoms with E-state index in [2.05, 4.69) is 27.0 Å². The Bertz CT molecular complexity index is 460. The molecular formula is C10H9BrN2. The number of nitrogen functional groups attached to an aromatic ring is 1. The molecule has 0 amide bonds. The third-order valence-corrected chi connectivity index (χ3v) is 2.64. The van der Waals surface area contributed by atoms with Crippen molar-refractivity contribution < 1.29 is 0 Å². The minimum absolute atomic E-state index is 0.602. The summed E-state index contributed by atoms with van der Waals surface area (Å²) < 4.78 is 1.06. The van der Waals surface area contributed by atoms with Crippen LogP contribution in [0.4, 0.5) is 5.82 Å². The van der Waals surface area contributed by atoms with Crippen LogP contribution in [0, 0.1) is 6.92 Å². The average Bonchev–Trinajstić information content (AvgIpc) is 2.12. The number of rotatable bonds is 0. The van der Waals surface area contributed by atoms with Gasteiger partial charge in [0.15, 0.2) is 0 Å². The van der Waals surface area contributed by atoms with E-state index in [-0.39, 0.29) is 0 Å². The SMILES string of the molecule is Cc1c(N)ncc2ccc(Br)cc12. The lowest BCUT2D eigenvalue weighted by atomic mass is 10.1. The fraction of sp³-hybridized carbons (Fsp3) is 0.100. The van der Waals surface area contributed by atoms with Crippen LogP contribution >= 0.6 is 15.9 Å². The number of nitrogens with zero attached hydrogens (tertiary/aromatic N) is 1. The van der Waals surface area contributed by atoms with Gasteiger partial charge in [0, 0.05) is 16.1 Å². The number of halogens is 1. The van der Waals surface area contributed by atoms with Gasteiger partial charge >= 0.3 is 0 Å². The molecule has 3 heteroatoms. The maximum atomic E-state index is 5.71. The number of fused-ring (bicyclic) bond motifs is 1. The van der Waals surface area contributed by atoms with E-state index >= 15 is 0 Å². The van der Waals surface area contributed by atoms with Crippen molar-refractivity contribution >= 4 is 32.5 Å². The van der Waals surface area contributed by atoms with Gasteiger partial charge in [-0.1, -0.05) is 22.0 Å². The molecule has 0 aliphatic rings. The normalized spacial score (nSPS) is 10.6.